The quantitative estimate of drug-likeness (QED) is 0.770. The molecule has 7 nitrogen and oxygen atoms in total. The van der Waals surface area contributed by atoms with Crippen LogP contribution in [0.2, 0.25) is 0 Å². The molecule has 0 saturated carbocycles. The molecule has 0 N–H and O–H groups in total. The molecule has 0 bridgehead atoms. The van der Waals surface area contributed by atoms with Gasteiger partial charge in [0.1, 0.15) is 6.33 Å². The van der Waals surface area contributed by atoms with Gasteiger partial charge in [-0.3, -0.25) is 4.31 Å². The van der Waals surface area contributed by atoms with Crippen molar-refractivity contribution in [3.8, 4) is 0 Å². The van der Waals surface area contributed by atoms with E-state index in [4.69, 9.17) is 0 Å². The number of aromatic nitrogens is 2. The van der Waals surface area contributed by atoms with Crippen LogP contribution in [-0.2, 0) is 21.3 Å². The van der Waals surface area contributed by atoms with Crippen LogP contribution < -0.4 is 4.31 Å². The summed E-state index contributed by atoms with van der Waals surface area (Å²) in [5.74, 6) is -0.442. The first-order valence-electron chi connectivity index (χ1n) is 6.32. The molecule has 0 saturated heterocycles. The van der Waals surface area contributed by atoms with E-state index in [1.807, 2.05) is 0 Å². The number of methoxy groups -OCH3 is 1. The zero-order valence-corrected chi connectivity index (χ0v) is 12.9. The van der Waals surface area contributed by atoms with Gasteiger partial charge in [0.2, 0.25) is 10.0 Å². The van der Waals surface area contributed by atoms with Gasteiger partial charge in [0.15, 0.2) is 0 Å². The molecule has 1 heterocycles. The molecule has 0 fully saturated rings. The van der Waals surface area contributed by atoms with Crippen molar-refractivity contribution in [3.05, 3.63) is 54.1 Å². The molecular formula is C14H15N3O4S. The van der Waals surface area contributed by atoms with E-state index < -0.39 is 16.0 Å². The summed E-state index contributed by atoms with van der Waals surface area (Å²) in [6.45, 7) is 0.119. The predicted molar refractivity (Wildman–Crippen MR) is 80.8 cm³/mol. The Kier molecular flexibility index (Phi) is 4.71. The Bertz CT molecular complexity index is 745. The number of hydrogen-bond acceptors (Lipinski definition) is 6. The van der Waals surface area contributed by atoms with E-state index >= 15 is 0 Å². The summed E-state index contributed by atoms with van der Waals surface area (Å²) in [7, 11) is -2.18. The lowest BCUT2D eigenvalue weighted by Gasteiger charge is -2.21. The van der Waals surface area contributed by atoms with Gasteiger partial charge in [0.25, 0.3) is 0 Å². The van der Waals surface area contributed by atoms with Gasteiger partial charge in [-0.05, 0) is 17.7 Å². The minimum atomic E-state index is -3.49. The highest BCUT2D eigenvalue weighted by Gasteiger charge is 2.18. The number of carbonyl (C=O) groups excluding carboxylic acids is 1. The van der Waals surface area contributed by atoms with Gasteiger partial charge in [0.05, 0.1) is 43.6 Å². The van der Waals surface area contributed by atoms with Crippen LogP contribution in [0.1, 0.15) is 15.9 Å². The topological polar surface area (TPSA) is 89.5 Å². The number of benzene rings is 1. The number of anilines is 1. The summed E-state index contributed by atoms with van der Waals surface area (Å²) in [4.78, 5) is 19.0. The van der Waals surface area contributed by atoms with Crippen molar-refractivity contribution in [2.75, 3.05) is 17.7 Å². The van der Waals surface area contributed by atoms with E-state index in [0.717, 1.165) is 11.8 Å². The van der Waals surface area contributed by atoms with E-state index in [2.05, 4.69) is 14.7 Å². The lowest BCUT2D eigenvalue weighted by Crippen LogP contribution is -2.29. The lowest BCUT2D eigenvalue weighted by molar-refractivity contribution is 0.0600. The molecule has 22 heavy (non-hydrogen) atoms. The Morgan fingerprint density at radius 3 is 2.27 bits per heavy atom. The molecule has 0 radical (unpaired) electrons. The van der Waals surface area contributed by atoms with Crippen LogP contribution in [0.25, 0.3) is 0 Å². The van der Waals surface area contributed by atoms with E-state index in [1.54, 1.807) is 24.3 Å². The zero-order chi connectivity index (χ0) is 16.2. The van der Waals surface area contributed by atoms with Crippen LogP contribution >= 0.6 is 0 Å². The monoisotopic (exact) mass is 321 g/mol. The van der Waals surface area contributed by atoms with Gasteiger partial charge >= 0.3 is 5.97 Å². The van der Waals surface area contributed by atoms with E-state index in [9.17, 15) is 13.2 Å². The second-order valence-corrected chi connectivity index (χ2v) is 6.46. The van der Waals surface area contributed by atoms with Crippen molar-refractivity contribution >= 4 is 21.7 Å². The fourth-order valence-electron chi connectivity index (χ4n) is 1.85. The molecule has 0 spiro atoms. The third-order valence-electron chi connectivity index (χ3n) is 2.94. The minimum Gasteiger partial charge on any atom is -0.465 e. The number of carbonyl (C=O) groups is 1. The smallest absolute Gasteiger partial charge is 0.337 e. The summed E-state index contributed by atoms with van der Waals surface area (Å²) >= 11 is 0. The molecule has 0 amide bonds. The number of rotatable bonds is 5. The molecule has 0 aliphatic rings. The summed E-state index contributed by atoms with van der Waals surface area (Å²) in [5.41, 5.74) is 1.50. The van der Waals surface area contributed by atoms with Crippen molar-refractivity contribution in [1.82, 2.24) is 9.97 Å². The Balaban J connectivity index is 2.27. The molecule has 0 aliphatic carbocycles. The van der Waals surface area contributed by atoms with Gasteiger partial charge in [-0.1, -0.05) is 12.1 Å². The molecule has 1 aromatic heterocycles. The van der Waals surface area contributed by atoms with Gasteiger partial charge in [-0.2, -0.15) is 0 Å². The summed E-state index contributed by atoms with van der Waals surface area (Å²) in [6, 6.07) is 6.52. The molecule has 2 rings (SSSR count). The number of esters is 1. The van der Waals surface area contributed by atoms with E-state index in [0.29, 0.717) is 11.3 Å². The second kappa shape index (κ2) is 6.52. The molecule has 0 aliphatic heterocycles. The van der Waals surface area contributed by atoms with E-state index in [-0.39, 0.29) is 6.54 Å². The van der Waals surface area contributed by atoms with Crippen LogP contribution in [0, 0.1) is 0 Å². The Hall–Kier alpha value is -2.48. The Morgan fingerprint density at radius 2 is 1.77 bits per heavy atom. The van der Waals surface area contributed by atoms with Crippen molar-refractivity contribution in [2.45, 2.75) is 6.54 Å². The molecule has 0 atom stereocenters. The average molecular weight is 321 g/mol. The highest BCUT2D eigenvalue weighted by molar-refractivity contribution is 7.92. The number of hydrogen-bond donors (Lipinski definition) is 0. The first kappa shape index (κ1) is 15.9. The molecular weight excluding hydrogens is 306 g/mol. The van der Waals surface area contributed by atoms with Crippen LogP contribution in [0.5, 0.6) is 0 Å². The highest BCUT2D eigenvalue weighted by atomic mass is 32.2. The minimum absolute atomic E-state index is 0.119. The number of nitrogens with zero attached hydrogens (tertiary/aromatic N) is 3. The third kappa shape index (κ3) is 3.79. The zero-order valence-electron chi connectivity index (χ0n) is 12.1. The maximum absolute atomic E-state index is 12.0. The Labute approximate surface area is 128 Å². The molecule has 2 aromatic rings. The van der Waals surface area contributed by atoms with Crippen LogP contribution in [0.15, 0.2) is 43.0 Å². The molecule has 1 aromatic carbocycles. The summed E-state index contributed by atoms with van der Waals surface area (Å²) < 4.78 is 29.7. The maximum Gasteiger partial charge on any atom is 0.337 e. The van der Waals surface area contributed by atoms with Crippen molar-refractivity contribution < 1.29 is 17.9 Å². The van der Waals surface area contributed by atoms with Crippen LogP contribution in [0.4, 0.5) is 5.69 Å². The first-order chi connectivity index (χ1) is 10.4. The van der Waals surface area contributed by atoms with Gasteiger partial charge in [-0.15, -0.1) is 0 Å². The summed E-state index contributed by atoms with van der Waals surface area (Å²) in [6.07, 6.45) is 5.30. The molecule has 8 heteroatoms. The van der Waals surface area contributed by atoms with Crippen molar-refractivity contribution in [1.29, 1.82) is 0 Å². The van der Waals surface area contributed by atoms with Crippen LogP contribution in [-0.4, -0.2) is 37.7 Å². The first-order valence-corrected chi connectivity index (χ1v) is 8.16. The van der Waals surface area contributed by atoms with Crippen molar-refractivity contribution in [2.24, 2.45) is 0 Å². The normalized spacial score (nSPS) is 11.0. The number of ether oxygens (including phenoxy) is 1. The third-order valence-corrected chi connectivity index (χ3v) is 4.08. The fraction of sp³-hybridized carbons (Fsp3) is 0.214. The van der Waals surface area contributed by atoms with Gasteiger partial charge in [-0.25, -0.2) is 23.2 Å². The SMILES string of the molecule is COC(=O)c1ccc(CN(c2cncnc2)S(C)(=O)=O)cc1. The molecule has 0 unspecified atom stereocenters. The standard InChI is InChI=1S/C14H15N3O4S/c1-21-14(18)12-5-3-11(4-6-12)9-17(22(2,19)20)13-7-15-10-16-8-13/h3-8,10H,9H2,1-2H3. The second-order valence-electron chi connectivity index (χ2n) is 4.55. The largest absolute Gasteiger partial charge is 0.465 e. The number of sulfonamides is 1. The highest BCUT2D eigenvalue weighted by Crippen LogP contribution is 2.18. The van der Waals surface area contributed by atoms with Gasteiger partial charge in [0, 0.05) is 0 Å². The average Bonchev–Trinajstić information content (AvgIpc) is 2.52. The van der Waals surface area contributed by atoms with Gasteiger partial charge < -0.3 is 4.74 Å². The molecule has 116 valence electrons. The van der Waals surface area contributed by atoms with Crippen LogP contribution in [0.3, 0.4) is 0 Å². The maximum atomic E-state index is 12.0. The lowest BCUT2D eigenvalue weighted by atomic mass is 10.1. The van der Waals surface area contributed by atoms with E-state index in [1.165, 1.54) is 30.1 Å². The summed E-state index contributed by atoms with van der Waals surface area (Å²) in [5, 5.41) is 0. The van der Waals surface area contributed by atoms with Crippen molar-refractivity contribution in [3.63, 3.8) is 0 Å². The Morgan fingerprint density at radius 1 is 1.18 bits per heavy atom. The predicted octanol–water partition coefficient (Wildman–Crippen LogP) is 1.23. The fourth-order valence-corrected chi connectivity index (χ4v) is 2.71.